The van der Waals surface area contributed by atoms with E-state index >= 15 is 0 Å². The van der Waals surface area contributed by atoms with Crippen LogP contribution in [0.25, 0.3) is 11.0 Å². The van der Waals surface area contributed by atoms with Gasteiger partial charge in [0.25, 0.3) is 0 Å². The fourth-order valence-electron chi connectivity index (χ4n) is 1.76. The highest BCUT2D eigenvalue weighted by molar-refractivity contribution is 6.00. The zero-order chi connectivity index (χ0) is 14.0. The van der Waals surface area contributed by atoms with Crippen molar-refractivity contribution in [3.63, 3.8) is 0 Å². The van der Waals surface area contributed by atoms with Gasteiger partial charge in [-0.3, -0.25) is 5.32 Å². The molecular weight excluding hydrogens is 250 g/mol. The first-order valence-electron chi connectivity index (χ1n) is 5.73. The third kappa shape index (κ3) is 2.52. The van der Waals surface area contributed by atoms with Crippen molar-refractivity contribution in [2.75, 3.05) is 11.9 Å². The van der Waals surface area contributed by atoms with Crippen LogP contribution in [-0.2, 0) is 4.74 Å². The Balaban J connectivity index is 2.61. The number of aromatic hydroxyl groups is 1. The number of ether oxygens (including phenoxy) is 1. The number of hydrogen-bond acceptors (Lipinski definition) is 5. The Bertz CT molecular complexity index is 689. The van der Waals surface area contributed by atoms with E-state index in [-0.39, 0.29) is 23.6 Å². The number of phenolic OH excluding ortho intramolecular Hbond substituents is 1. The summed E-state index contributed by atoms with van der Waals surface area (Å²) in [7, 11) is 0. The van der Waals surface area contributed by atoms with E-state index in [0.717, 1.165) is 0 Å². The maximum absolute atomic E-state index is 11.4. The lowest BCUT2D eigenvalue weighted by molar-refractivity contribution is 0.168. The zero-order valence-corrected chi connectivity index (χ0v) is 10.5. The van der Waals surface area contributed by atoms with E-state index < -0.39 is 11.7 Å². The summed E-state index contributed by atoms with van der Waals surface area (Å²) in [4.78, 5) is 22.8. The number of phenols is 1. The summed E-state index contributed by atoms with van der Waals surface area (Å²) in [5.74, 6) is -0.200. The number of aryl methyl sites for hydroxylation is 1. The average molecular weight is 263 g/mol. The van der Waals surface area contributed by atoms with Crippen LogP contribution in [0.4, 0.5) is 10.5 Å². The molecule has 0 unspecified atom stereocenters. The summed E-state index contributed by atoms with van der Waals surface area (Å²) < 4.78 is 9.78. The lowest BCUT2D eigenvalue weighted by atomic mass is 10.1. The molecule has 0 spiro atoms. The smallest absolute Gasteiger partial charge is 0.411 e. The molecule has 0 fully saturated rings. The number of hydrogen-bond donors (Lipinski definition) is 2. The Labute approximate surface area is 108 Å². The second kappa shape index (κ2) is 5.01. The van der Waals surface area contributed by atoms with Gasteiger partial charge in [0, 0.05) is 11.5 Å². The molecule has 0 atom stereocenters. The number of rotatable bonds is 2. The quantitative estimate of drug-likeness (QED) is 0.641. The molecule has 0 saturated heterocycles. The van der Waals surface area contributed by atoms with E-state index in [4.69, 9.17) is 9.15 Å². The van der Waals surface area contributed by atoms with Gasteiger partial charge in [0.05, 0.1) is 6.61 Å². The van der Waals surface area contributed by atoms with Crippen LogP contribution in [-0.4, -0.2) is 17.8 Å². The van der Waals surface area contributed by atoms with Crippen LogP contribution >= 0.6 is 0 Å². The summed E-state index contributed by atoms with van der Waals surface area (Å²) in [5, 5.41) is 12.8. The highest BCUT2D eigenvalue weighted by Gasteiger charge is 2.15. The fraction of sp³-hybridized carbons (Fsp3) is 0.231. The maximum atomic E-state index is 11.4. The van der Waals surface area contributed by atoms with Crippen molar-refractivity contribution in [3.05, 3.63) is 34.2 Å². The molecule has 6 heteroatoms. The summed E-state index contributed by atoms with van der Waals surface area (Å²) >= 11 is 0. The van der Waals surface area contributed by atoms with E-state index in [1.807, 2.05) is 0 Å². The van der Waals surface area contributed by atoms with Crippen molar-refractivity contribution in [2.24, 2.45) is 0 Å². The first-order valence-corrected chi connectivity index (χ1v) is 5.73. The molecule has 2 rings (SSSR count). The number of amides is 1. The first-order chi connectivity index (χ1) is 9.02. The number of carbonyl (C=O) groups excluding carboxylic acids is 1. The number of carbonyl (C=O) groups is 1. The Hall–Kier alpha value is -2.50. The monoisotopic (exact) mass is 263 g/mol. The highest BCUT2D eigenvalue weighted by Crippen LogP contribution is 2.32. The average Bonchev–Trinajstić information content (AvgIpc) is 2.33. The molecule has 0 aliphatic carbocycles. The predicted octanol–water partition coefficient (Wildman–Crippen LogP) is 2.38. The molecule has 0 radical (unpaired) electrons. The van der Waals surface area contributed by atoms with Crippen LogP contribution in [0.3, 0.4) is 0 Å². The van der Waals surface area contributed by atoms with Crippen molar-refractivity contribution in [3.8, 4) is 5.75 Å². The van der Waals surface area contributed by atoms with Crippen molar-refractivity contribution in [2.45, 2.75) is 13.8 Å². The van der Waals surface area contributed by atoms with Crippen LogP contribution in [0, 0.1) is 6.92 Å². The SMILES string of the molecule is CCOC(=O)Nc1c(O)ccc2c(C)cc(=O)oc12. The van der Waals surface area contributed by atoms with E-state index in [1.165, 1.54) is 12.1 Å². The Morgan fingerprint density at radius 2 is 2.21 bits per heavy atom. The zero-order valence-electron chi connectivity index (χ0n) is 10.5. The molecule has 0 aliphatic heterocycles. The van der Waals surface area contributed by atoms with Crippen molar-refractivity contribution < 1.29 is 19.1 Å². The van der Waals surface area contributed by atoms with E-state index in [0.29, 0.717) is 10.9 Å². The minimum absolute atomic E-state index is 0.0248. The van der Waals surface area contributed by atoms with Crippen LogP contribution in [0.2, 0.25) is 0 Å². The summed E-state index contributed by atoms with van der Waals surface area (Å²) in [5.41, 5.74) is 0.287. The minimum Gasteiger partial charge on any atom is -0.506 e. The molecule has 2 N–H and O–H groups in total. The number of anilines is 1. The van der Waals surface area contributed by atoms with Crippen molar-refractivity contribution in [1.29, 1.82) is 0 Å². The van der Waals surface area contributed by atoms with Crippen LogP contribution < -0.4 is 10.9 Å². The normalized spacial score (nSPS) is 10.4. The van der Waals surface area contributed by atoms with Crippen molar-refractivity contribution >= 4 is 22.7 Å². The van der Waals surface area contributed by atoms with Crippen LogP contribution in [0.15, 0.2) is 27.4 Å². The van der Waals surface area contributed by atoms with E-state index in [2.05, 4.69) is 5.32 Å². The summed E-state index contributed by atoms with van der Waals surface area (Å²) in [6, 6.07) is 4.36. The molecule has 100 valence electrons. The molecule has 0 saturated carbocycles. The van der Waals surface area contributed by atoms with Crippen molar-refractivity contribution in [1.82, 2.24) is 0 Å². The first kappa shape index (κ1) is 12.9. The van der Waals surface area contributed by atoms with Gasteiger partial charge in [-0.25, -0.2) is 9.59 Å². The summed E-state index contributed by atoms with van der Waals surface area (Å²) in [6.07, 6.45) is -0.727. The Morgan fingerprint density at radius 3 is 2.89 bits per heavy atom. The third-order valence-corrected chi connectivity index (χ3v) is 2.60. The Kier molecular flexibility index (Phi) is 3.41. The molecule has 6 nitrogen and oxygen atoms in total. The van der Waals surface area contributed by atoms with E-state index in [9.17, 15) is 14.7 Å². The molecule has 1 aromatic carbocycles. The number of nitrogens with one attached hydrogen (secondary N) is 1. The maximum Gasteiger partial charge on any atom is 0.411 e. The standard InChI is InChI=1S/C13H13NO5/c1-3-18-13(17)14-11-9(15)5-4-8-7(2)6-10(16)19-12(8)11/h4-6,15H,3H2,1-2H3,(H,14,17). The largest absolute Gasteiger partial charge is 0.506 e. The van der Waals surface area contributed by atoms with Gasteiger partial charge < -0.3 is 14.3 Å². The highest BCUT2D eigenvalue weighted by atomic mass is 16.5. The van der Waals surface area contributed by atoms with Gasteiger partial charge in [-0.1, -0.05) is 0 Å². The van der Waals surface area contributed by atoms with Gasteiger partial charge in [-0.15, -0.1) is 0 Å². The molecule has 2 aromatic rings. The molecule has 1 aromatic heterocycles. The second-order valence-electron chi connectivity index (χ2n) is 3.93. The molecule has 1 amide bonds. The topological polar surface area (TPSA) is 88.8 Å². The third-order valence-electron chi connectivity index (χ3n) is 2.60. The lowest BCUT2D eigenvalue weighted by Gasteiger charge is -2.10. The predicted molar refractivity (Wildman–Crippen MR) is 69.5 cm³/mol. The van der Waals surface area contributed by atoms with Gasteiger partial charge in [0.15, 0.2) is 5.58 Å². The Morgan fingerprint density at radius 1 is 1.47 bits per heavy atom. The molecule has 0 aliphatic rings. The molecule has 19 heavy (non-hydrogen) atoms. The van der Waals surface area contributed by atoms with E-state index in [1.54, 1.807) is 19.9 Å². The molecular formula is C13H13NO5. The van der Waals surface area contributed by atoms with Gasteiger partial charge in [-0.05, 0) is 31.5 Å². The number of benzene rings is 1. The second-order valence-corrected chi connectivity index (χ2v) is 3.93. The molecule has 1 heterocycles. The summed E-state index contributed by atoms with van der Waals surface area (Å²) in [6.45, 7) is 3.59. The van der Waals surface area contributed by atoms with Gasteiger partial charge in [0.2, 0.25) is 0 Å². The fourth-order valence-corrected chi connectivity index (χ4v) is 1.76. The lowest BCUT2D eigenvalue weighted by Crippen LogP contribution is -2.14. The van der Waals surface area contributed by atoms with Gasteiger partial charge in [0.1, 0.15) is 11.4 Å². The van der Waals surface area contributed by atoms with Crippen LogP contribution in [0.1, 0.15) is 12.5 Å². The number of fused-ring (bicyclic) bond motifs is 1. The molecule has 0 bridgehead atoms. The van der Waals surface area contributed by atoms with Gasteiger partial charge in [-0.2, -0.15) is 0 Å². The van der Waals surface area contributed by atoms with Crippen LogP contribution in [0.5, 0.6) is 5.75 Å². The van der Waals surface area contributed by atoms with Gasteiger partial charge >= 0.3 is 11.7 Å². The minimum atomic E-state index is -0.727.